The monoisotopic (exact) mass is 403 g/mol. The molecule has 1 saturated heterocycles. The Morgan fingerprint density at radius 2 is 2.04 bits per heavy atom. The predicted octanol–water partition coefficient (Wildman–Crippen LogP) is 3.30. The number of aromatic hydroxyl groups is 2. The molecular weight excluding hydrogens is 382 g/mol. The van der Waals surface area contributed by atoms with E-state index in [4.69, 9.17) is 18.8 Å². The van der Waals surface area contributed by atoms with Crippen LogP contribution in [0.25, 0.3) is 22.3 Å². The number of hydrogen-bond acceptors (Lipinski definition) is 6. The second kappa shape index (κ2) is 7.13. The molecule has 7 heteroatoms. The Bertz CT molecular complexity index is 1170. The van der Waals surface area contributed by atoms with E-state index >= 15 is 0 Å². The molecule has 28 heavy (non-hydrogen) atoms. The summed E-state index contributed by atoms with van der Waals surface area (Å²) in [6.07, 6.45) is -0.659. The average molecular weight is 404 g/mol. The van der Waals surface area contributed by atoms with E-state index in [0.717, 1.165) is 6.07 Å². The molecular formula is C21H20ClNO5. The molecule has 0 aliphatic carbocycles. The minimum absolute atomic E-state index is 0.0132. The minimum atomic E-state index is -1.21. The quantitative estimate of drug-likeness (QED) is 0.607. The van der Waals surface area contributed by atoms with E-state index in [1.807, 2.05) is 0 Å². The van der Waals surface area contributed by atoms with Crippen molar-refractivity contribution >= 4 is 22.6 Å². The molecule has 2 atom stereocenters. The van der Waals surface area contributed by atoms with Crippen LogP contribution in [0.4, 0.5) is 0 Å². The maximum atomic E-state index is 12.8. The maximum Gasteiger partial charge on any atom is 0.197 e. The molecule has 1 fully saturated rings. The lowest BCUT2D eigenvalue weighted by Crippen LogP contribution is -2.40. The van der Waals surface area contributed by atoms with E-state index in [0.29, 0.717) is 23.6 Å². The number of likely N-dealkylation sites (tertiary alicyclic amines) is 1. The van der Waals surface area contributed by atoms with E-state index in [2.05, 4.69) is 0 Å². The van der Waals surface area contributed by atoms with Gasteiger partial charge in [0.2, 0.25) is 0 Å². The van der Waals surface area contributed by atoms with Crippen LogP contribution in [0.3, 0.4) is 0 Å². The molecule has 0 amide bonds. The van der Waals surface area contributed by atoms with Crippen LogP contribution in [0.5, 0.6) is 11.5 Å². The van der Waals surface area contributed by atoms with E-state index in [1.165, 1.54) is 11.0 Å². The maximum absolute atomic E-state index is 12.8. The summed E-state index contributed by atoms with van der Waals surface area (Å²) in [5.74, 6) is -1.15. The SMILES string of the molecule is [2H]C([2H])N1CCC(c2c(O)cc(O)c3c(=O)cc(-c4ccccc4Cl)oc23)C(O)C1. The van der Waals surface area contributed by atoms with Crippen molar-refractivity contribution in [2.75, 3.05) is 20.1 Å². The van der Waals surface area contributed by atoms with Crippen molar-refractivity contribution in [3.8, 4) is 22.8 Å². The van der Waals surface area contributed by atoms with Gasteiger partial charge in [0.15, 0.2) is 5.43 Å². The number of rotatable bonds is 2. The van der Waals surface area contributed by atoms with E-state index < -0.39 is 30.2 Å². The Hall–Kier alpha value is -2.54. The fraction of sp³-hybridized carbons (Fsp3) is 0.286. The summed E-state index contributed by atoms with van der Waals surface area (Å²) in [6.45, 7) is -0.788. The fourth-order valence-electron chi connectivity index (χ4n) is 3.77. The average Bonchev–Trinajstić information content (AvgIpc) is 2.68. The molecule has 3 N–H and O–H groups in total. The van der Waals surface area contributed by atoms with Gasteiger partial charge in [-0.2, -0.15) is 0 Å². The minimum Gasteiger partial charge on any atom is -0.507 e. The lowest BCUT2D eigenvalue weighted by atomic mass is 9.85. The summed E-state index contributed by atoms with van der Waals surface area (Å²) in [6, 6.07) is 9.12. The molecule has 0 radical (unpaired) electrons. The van der Waals surface area contributed by atoms with Crippen molar-refractivity contribution in [2.45, 2.75) is 18.4 Å². The topological polar surface area (TPSA) is 94.1 Å². The zero-order chi connectivity index (χ0) is 21.6. The lowest BCUT2D eigenvalue weighted by molar-refractivity contribution is 0.0630. The van der Waals surface area contributed by atoms with Crippen molar-refractivity contribution in [3.63, 3.8) is 0 Å². The van der Waals surface area contributed by atoms with Gasteiger partial charge in [0.25, 0.3) is 0 Å². The third-order valence-electron chi connectivity index (χ3n) is 5.12. The van der Waals surface area contributed by atoms with Crippen LogP contribution in [0, 0.1) is 0 Å². The highest BCUT2D eigenvalue weighted by Crippen LogP contribution is 2.42. The van der Waals surface area contributed by atoms with E-state index in [1.54, 1.807) is 24.3 Å². The highest BCUT2D eigenvalue weighted by Gasteiger charge is 2.33. The van der Waals surface area contributed by atoms with Crippen molar-refractivity contribution in [2.24, 2.45) is 0 Å². The summed E-state index contributed by atoms with van der Waals surface area (Å²) in [5.41, 5.74) is 0.177. The number of aliphatic hydroxyl groups is 1. The first-order chi connectivity index (χ1) is 14.3. The molecule has 1 aromatic heterocycles. The van der Waals surface area contributed by atoms with Gasteiger partial charge in [0, 0.05) is 38.5 Å². The second-order valence-electron chi connectivity index (χ2n) is 6.94. The van der Waals surface area contributed by atoms with Gasteiger partial charge in [-0.1, -0.05) is 23.7 Å². The van der Waals surface area contributed by atoms with Gasteiger partial charge in [-0.3, -0.25) is 4.79 Å². The van der Waals surface area contributed by atoms with Crippen LogP contribution < -0.4 is 5.43 Å². The first-order valence-corrected chi connectivity index (χ1v) is 9.20. The van der Waals surface area contributed by atoms with Crippen molar-refractivity contribution in [1.29, 1.82) is 0 Å². The van der Waals surface area contributed by atoms with Crippen LogP contribution in [-0.2, 0) is 0 Å². The normalized spacial score (nSPS) is 21.7. The molecule has 4 rings (SSSR count). The van der Waals surface area contributed by atoms with Crippen LogP contribution in [0.2, 0.25) is 5.02 Å². The molecule has 2 aromatic carbocycles. The number of fused-ring (bicyclic) bond motifs is 1. The number of phenols is 2. The zero-order valence-electron chi connectivity index (χ0n) is 16.8. The number of likely N-dealkylation sites (N-methyl/N-ethyl adjacent to an activating group) is 1. The first kappa shape index (κ1) is 16.4. The van der Waals surface area contributed by atoms with E-state index in [9.17, 15) is 20.1 Å². The van der Waals surface area contributed by atoms with Crippen molar-refractivity contribution in [1.82, 2.24) is 4.90 Å². The zero-order valence-corrected chi connectivity index (χ0v) is 15.6. The van der Waals surface area contributed by atoms with Crippen molar-refractivity contribution in [3.05, 3.63) is 57.2 Å². The largest absolute Gasteiger partial charge is 0.507 e. The van der Waals surface area contributed by atoms with Gasteiger partial charge in [-0.05, 0) is 32.1 Å². The highest BCUT2D eigenvalue weighted by molar-refractivity contribution is 6.33. The van der Waals surface area contributed by atoms with Crippen LogP contribution in [0.1, 0.15) is 20.6 Å². The summed E-state index contributed by atoms with van der Waals surface area (Å²) in [7, 11) is 0. The number of nitrogens with zero attached hydrogens (tertiary/aromatic N) is 1. The highest BCUT2D eigenvalue weighted by atomic mass is 35.5. The van der Waals surface area contributed by atoms with Gasteiger partial charge in [0.05, 0.1) is 11.1 Å². The third kappa shape index (κ3) is 3.13. The predicted molar refractivity (Wildman–Crippen MR) is 107 cm³/mol. The molecule has 0 spiro atoms. The fourth-order valence-corrected chi connectivity index (χ4v) is 4.00. The number of halogens is 1. The van der Waals surface area contributed by atoms with E-state index in [-0.39, 0.29) is 34.6 Å². The Labute approximate surface area is 169 Å². The molecule has 6 nitrogen and oxygen atoms in total. The Kier molecular flexibility index (Phi) is 4.18. The van der Waals surface area contributed by atoms with Gasteiger partial charge < -0.3 is 24.6 Å². The number of phenolic OH excluding ortho intramolecular Hbond substituents is 2. The molecule has 1 aliphatic rings. The number of hydrogen-bond donors (Lipinski definition) is 3. The number of aliphatic hydroxyl groups excluding tert-OH is 1. The summed E-state index contributed by atoms with van der Waals surface area (Å²) >= 11 is 6.24. The Morgan fingerprint density at radius 1 is 1.25 bits per heavy atom. The summed E-state index contributed by atoms with van der Waals surface area (Å²) in [5, 5.41) is 31.8. The number of β-amino-alcohol motifs (C(OH)–C–C–N with tert-alkyl or cyclic N) is 1. The standard InChI is InChI=1S/C21H20ClNO5/c1-23-7-6-12(17(27)10-23)19-14(24)8-15(25)20-16(26)9-18(28-21(19)20)11-4-2-3-5-13(11)22/h2-5,8-9,12,17,24-25,27H,6-7,10H2,1H3/i1D2. The summed E-state index contributed by atoms with van der Waals surface area (Å²) in [4.78, 5) is 14.3. The summed E-state index contributed by atoms with van der Waals surface area (Å²) < 4.78 is 21.0. The third-order valence-corrected chi connectivity index (χ3v) is 5.45. The lowest BCUT2D eigenvalue weighted by Gasteiger charge is -2.34. The van der Waals surface area contributed by atoms with Crippen LogP contribution in [0.15, 0.2) is 45.6 Å². The first-order valence-electron chi connectivity index (χ1n) is 9.97. The van der Waals surface area contributed by atoms with Gasteiger partial charge >= 0.3 is 0 Å². The smallest absolute Gasteiger partial charge is 0.197 e. The molecule has 3 aromatic rings. The number of benzene rings is 2. The van der Waals surface area contributed by atoms with Gasteiger partial charge in [-0.15, -0.1) is 0 Å². The molecule has 1 aliphatic heterocycles. The molecule has 2 heterocycles. The van der Waals surface area contributed by atoms with Gasteiger partial charge in [-0.25, -0.2) is 0 Å². The number of piperidine rings is 1. The second-order valence-corrected chi connectivity index (χ2v) is 7.35. The van der Waals surface area contributed by atoms with Crippen LogP contribution in [-0.4, -0.2) is 46.4 Å². The van der Waals surface area contributed by atoms with Gasteiger partial charge in [0.1, 0.15) is 28.2 Å². The Balaban J connectivity index is 1.92. The molecule has 0 saturated carbocycles. The van der Waals surface area contributed by atoms with Crippen molar-refractivity contribution < 1.29 is 22.5 Å². The van der Waals surface area contributed by atoms with Crippen LogP contribution >= 0.6 is 11.6 Å². The molecule has 146 valence electrons. The molecule has 2 unspecified atom stereocenters. The Morgan fingerprint density at radius 3 is 2.75 bits per heavy atom. The molecule has 0 bridgehead atoms.